The second-order valence-corrected chi connectivity index (χ2v) is 24.9. The molecule has 0 aliphatic heterocycles. The van der Waals surface area contributed by atoms with Gasteiger partial charge in [-0.25, -0.2) is 4.98 Å². The number of H-pyrrole nitrogens is 2. The van der Waals surface area contributed by atoms with Gasteiger partial charge in [-0.15, -0.1) is 0 Å². The van der Waals surface area contributed by atoms with Crippen LogP contribution in [0, 0.1) is 11.8 Å². The summed E-state index contributed by atoms with van der Waals surface area (Å²) in [7, 11) is 3.27. The lowest BCUT2D eigenvalue weighted by molar-refractivity contribution is -0.135. The molecule has 0 spiro atoms. The molecule has 3 rings (SSSR count). The number of nitrogens with zero attached hydrogens (tertiary/aromatic N) is 2. The summed E-state index contributed by atoms with van der Waals surface area (Å²) in [5.41, 5.74) is 12.7. The molecule has 14 amide bonds. The summed E-state index contributed by atoms with van der Waals surface area (Å²) in [6, 6.07) is -4.33. The number of amides is 14. The number of aromatic amines is 2. The van der Waals surface area contributed by atoms with E-state index in [1.54, 1.807) is 63.3 Å². The maximum Gasteiger partial charge on any atom is 0.245 e. The highest BCUT2D eigenvalue weighted by Crippen LogP contribution is 2.20. The van der Waals surface area contributed by atoms with Crippen molar-refractivity contribution in [3.8, 4) is 0 Å². The average Bonchev–Trinajstić information content (AvgIpc) is 1.72. The number of hydrogen-bond acceptors (Lipinski definition) is 19. The lowest BCUT2D eigenvalue weighted by atomic mass is 10.0. The number of nitrogens with two attached hydrogens (primary N) is 2. The van der Waals surface area contributed by atoms with Crippen LogP contribution in [0.2, 0.25) is 0 Å². The van der Waals surface area contributed by atoms with Gasteiger partial charge < -0.3 is 95.2 Å². The number of unbranched alkanes of at least 4 members (excludes halogenated alkanes) is 1. The van der Waals surface area contributed by atoms with Crippen molar-refractivity contribution in [3.63, 3.8) is 0 Å². The van der Waals surface area contributed by atoms with E-state index in [0.717, 1.165) is 0 Å². The maximum absolute atomic E-state index is 14.3. The number of likely N-dealkylation sites (N-methyl/N-ethyl adjacent to an activating group) is 1. The lowest BCUT2D eigenvalue weighted by Gasteiger charge is -2.26. The maximum atomic E-state index is 14.3. The molecule has 0 saturated heterocycles. The van der Waals surface area contributed by atoms with Gasteiger partial charge in [0.2, 0.25) is 82.7 Å². The zero-order chi connectivity index (χ0) is 70.9. The van der Waals surface area contributed by atoms with E-state index in [1.165, 1.54) is 31.2 Å². The number of para-hydroxylation sites is 1. The van der Waals surface area contributed by atoms with E-state index in [0.29, 0.717) is 27.9 Å². The molecule has 0 radical (unpaired) electrons. The second-order valence-electron chi connectivity index (χ2n) is 23.6. The molecule has 0 aliphatic carbocycles. The van der Waals surface area contributed by atoms with Gasteiger partial charge in [-0.05, 0) is 88.6 Å². The number of aromatic nitrogens is 3. The van der Waals surface area contributed by atoms with E-state index in [9.17, 15) is 72.2 Å². The van der Waals surface area contributed by atoms with Crippen molar-refractivity contribution in [2.24, 2.45) is 23.3 Å². The number of hydrogen-bond donors (Lipinski definition) is 18. The van der Waals surface area contributed by atoms with Crippen molar-refractivity contribution in [2.75, 3.05) is 64.6 Å². The van der Waals surface area contributed by atoms with Gasteiger partial charge in [-0.3, -0.25) is 67.1 Å². The van der Waals surface area contributed by atoms with Crippen molar-refractivity contribution in [2.45, 2.75) is 147 Å². The summed E-state index contributed by atoms with van der Waals surface area (Å²) >= 11 is 5.54. The van der Waals surface area contributed by atoms with Crippen LogP contribution in [0.5, 0.6) is 0 Å². The molecule has 0 bridgehead atoms. The normalized spacial score (nSPS) is 14.0. The van der Waals surface area contributed by atoms with Crippen LogP contribution in [0.4, 0.5) is 0 Å². The molecule has 1 aromatic carbocycles. The number of primary amides is 2. The van der Waals surface area contributed by atoms with Crippen LogP contribution in [0.3, 0.4) is 0 Å². The molecule has 526 valence electrons. The number of benzene rings is 1. The standard InChI is InChI=1S/C60H94N18O15S2/c1-32(2)21-41(57(90)73-39(52(62)85)18-20-95-8)74-58(91)43(23-36-25-63-31-68-36)71-49(83)27-67-60(93)51(33(3)4)77-53(86)34(5)69-56(89)42(22-35-24-65-38-14-10-9-13-37(35)38)75-55(88)40(16-17-46(61)80)70-47(81)15-11-12-19-64-48(82)26-66-54(87)45(30-94)76-59(92)44(29-79)72-50(84)28-78(6)7/h9-10,13-14,24-25,31-34,39-45,51,65,79,94H,11-12,15-23,26-30H2,1-8H3,(H2,61,80)(H2,62,85)(H,63,68)(H,64,82)(H,66,87)(H,67,93)(H,69,89)(H,70,81)(H,71,83)(H,72,84)(H,73,90)(H,74,91)(H,75,88)(H,76,92)(H,77,86). The van der Waals surface area contributed by atoms with E-state index in [2.05, 4.69) is 91.4 Å². The smallest absolute Gasteiger partial charge is 0.245 e. The van der Waals surface area contributed by atoms with E-state index >= 15 is 0 Å². The minimum atomic E-state index is -1.42. The Morgan fingerprint density at radius 1 is 0.600 bits per heavy atom. The van der Waals surface area contributed by atoms with Crippen LogP contribution in [-0.4, -0.2) is 227 Å². The molecule has 2 heterocycles. The van der Waals surface area contributed by atoms with Crippen LogP contribution in [0.25, 0.3) is 10.9 Å². The van der Waals surface area contributed by atoms with Crippen LogP contribution in [0.1, 0.15) is 90.8 Å². The largest absolute Gasteiger partial charge is 0.394 e. The van der Waals surface area contributed by atoms with E-state index in [1.807, 2.05) is 20.1 Å². The number of aliphatic hydroxyl groups excluding tert-OH is 1. The highest BCUT2D eigenvalue weighted by molar-refractivity contribution is 7.98. The number of rotatable bonds is 44. The molecule has 3 aromatic rings. The Kier molecular flexibility index (Phi) is 35.4. The molecule has 35 heteroatoms. The van der Waals surface area contributed by atoms with Gasteiger partial charge in [0.25, 0.3) is 0 Å². The van der Waals surface area contributed by atoms with Crippen molar-refractivity contribution >= 4 is 118 Å². The van der Waals surface area contributed by atoms with Gasteiger partial charge in [-0.2, -0.15) is 24.4 Å². The van der Waals surface area contributed by atoms with Gasteiger partial charge in [-0.1, -0.05) is 45.9 Å². The Morgan fingerprint density at radius 2 is 1.19 bits per heavy atom. The number of thioether (sulfide) groups is 1. The average molecular weight is 1370 g/mol. The van der Waals surface area contributed by atoms with Crippen LogP contribution in [-0.2, 0) is 80.0 Å². The summed E-state index contributed by atoms with van der Waals surface area (Å²) in [4.78, 5) is 196. The van der Waals surface area contributed by atoms with Gasteiger partial charge in [0.05, 0.1) is 32.6 Å². The fourth-order valence-corrected chi connectivity index (χ4v) is 10.0. The molecule has 0 saturated carbocycles. The monoisotopic (exact) mass is 1370 g/mol. The van der Waals surface area contributed by atoms with Crippen LogP contribution >= 0.6 is 24.4 Å². The number of thiol groups is 1. The topological polar surface area (TPSA) is 503 Å². The molecule has 33 nitrogen and oxygen atoms in total. The van der Waals surface area contributed by atoms with E-state index in [4.69, 9.17) is 11.5 Å². The Balaban J connectivity index is 1.66. The number of carbonyl (C=O) groups excluding carboxylic acids is 14. The first-order valence-corrected chi connectivity index (χ1v) is 33.0. The van der Waals surface area contributed by atoms with Gasteiger partial charge in [0, 0.05) is 67.0 Å². The number of carbonyl (C=O) groups is 14. The Labute approximate surface area is 560 Å². The molecule has 95 heavy (non-hydrogen) atoms. The number of aliphatic hydroxyl groups is 1. The number of fused-ring (bicyclic) bond motifs is 1. The highest BCUT2D eigenvalue weighted by atomic mass is 32.2. The van der Waals surface area contributed by atoms with E-state index in [-0.39, 0.29) is 82.5 Å². The fourth-order valence-electron chi connectivity index (χ4n) is 9.31. The minimum absolute atomic E-state index is 0.0569. The second kappa shape index (κ2) is 41.8. The predicted molar refractivity (Wildman–Crippen MR) is 355 cm³/mol. The molecule has 9 unspecified atom stereocenters. The first-order chi connectivity index (χ1) is 45.0. The quantitative estimate of drug-likeness (QED) is 0.0187. The van der Waals surface area contributed by atoms with Gasteiger partial charge in [0.15, 0.2) is 0 Å². The van der Waals surface area contributed by atoms with Gasteiger partial charge in [0.1, 0.15) is 54.4 Å². The minimum Gasteiger partial charge on any atom is -0.394 e. The molecule has 2 aromatic heterocycles. The van der Waals surface area contributed by atoms with Crippen molar-refractivity contribution in [1.82, 2.24) is 83.7 Å². The third-order valence-electron chi connectivity index (χ3n) is 14.4. The SMILES string of the molecule is CSCCC(NC(=O)C(CC(C)C)NC(=O)C(Cc1cnc[nH]1)NC(=O)CNC(=O)C(NC(=O)C(C)NC(=O)C(Cc1c[nH]c2ccccc12)NC(=O)C(CCC(N)=O)NC(=O)CCCCNC(=O)CNC(=O)C(CS)NC(=O)C(CO)NC(=O)CN(C)C)C(C)C)C(N)=O. The molecule has 0 fully saturated rings. The molecule has 0 aliphatic rings. The molecular weight excluding hydrogens is 1280 g/mol. The summed E-state index contributed by atoms with van der Waals surface area (Å²) in [5, 5.41) is 40.9. The molecular formula is C60H94N18O15S2. The Morgan fingerprint density at radius 3 is 1.81 bits per heavy atom. The number of imidazole rings is 1. The summed E-state index contributed by atoms with van der Waals surface area (Å²) in [5.74, 6) is -10.9. The van der Waals surface area contributed by atoms with Gasteiger partial charge >= 0.3 is 0 Å². The third-order valence-corrected chi connectivity index (χ3v) is 15.4. The van der Waals surface area contributed by atoms with E-state index < -0.39 is 163 Å². The van der Waals surface area contributed by atoms with Crippen molar-refractivity contribution < 1.29 is 72.2 Å². The number of nitrogens with one attached hydrogen (secondary N) is 14. The zero-order valence-corrected chi connectivity index (χ0v) is 56.5. The first kappa shape index (κ1) is 80.4. The lowest BCUT2D eigenvalue weighted by Crippen LogP contribution is -2.59. The highest BCUT2D eigenvalue weighted by Gasteiger charge is 2.34. The fraction of sp³-hybridized carbons (Fsp3) is 0.583. The third kappa shape index (κ3) is 29.6. The predicted octanol–water partition coefficient (Wildman–Crippen LogP) is -4.73. The van der Waals surface area contributed by atoms with Crippen molar-refractivity contribution in [3.05, 3.63) is 54.2 Å². The summed E-state index contributed by atoms with van der Waals surface area (Å²) in [6.45, 7) is 6.31. The Bertz CT molecular complexity index is 3090. The summed E-state index contributed by atoms with van der Waals surface area (Å²) in [6.07, 6.45) is 6.08. The Hall–Kier alpha value is -8.83. The zero-order valence-electron chi connectivity index (χ0n) is 54.8. The van der Waals surface area contributed by atoms with Crippen molar-refractivity contribution in [1.29, 1.82) is 0 Å². The van der Waals surface area contributed by atoms with Crippen LogP contribution in [0.15, 0.2) is 43.0 Å². The first-order valence-electron chi connectivity index (χ1n) is 30.9. The molecule has 19 N–H and O–H groups in total. The van der Waals surface area contributed by atoms with Crippen LogP contribution < -0.4 is 75.3 Å². The molecule has 9 atom stereocenters. The summed E-state index contributed by atoms with van der Waals surface area (Å²) < 4.78 is 0.